The Bertz CT molecular complexity index is 549. The zero-order valence-electron chi connectivity index (χ0n) is 10.9. The van der Waals surface area contributed by atoms with Crippen molar-refractivity contribution in [1.82, 2.24) is 15.2 Å². The molecular weight excluding hydrogens is 277 g/mol. The van der Waals surface area contributed by atoms with Crippen LogP contribution in [-0.2, 0) is 4.79 Å². The molecule has 1 atom stereocenters. The number of aliphatic carboxylic acids is 1. The first-order chi connectivity index (χ1) is 9.17. The highest BCUT2D eigenvalue weighted by molar-refractivity contribution is 5.77. The van der Waals surface area contributed by atoms with Gasteiger partial charge in [0.1, 0.15) is 0 Å². The van der Waals surface area contributed by atoms with Crippen molar-refractivity contribution < 1.29 is 23.1 Å². The van der Waals surface area contributed by atoms with Crippen molar-refractivity contribution in [2.75, 3.05) is 18.0 Å². The number of rotatable bonds is 2. The summed E-state index contributed by atoms with van der Waals surface area (Å²) in [6.07, 6.45) is -5.34. The predicted molar refractivity (Wildman–Crippen MR) is 62.3 cm³/mol. The molecule has 1 fully saturated rings. The molecule has 0 amide bonds. The van der Waals surface area contributed by atoms with Gasteiger partial charge < -0.3 is 10.0 Å². The summed E-state index contributed by atoms with van der Waals surface area (Å²) in [6, 6.07) is 0. The molecule has 1 aromatic heterocycles. The smallest absolute Gasteiger partial charge is 0.406 e. The first kappa shape index (κ1) is 14.5. The van der Waals surface area contributed by atoms with Crippen molar-refractivity contribution in [2.24, 2.45) is 5.41 Å². The van der Waals surface area contributed by atoms with E-state index in [-0.39, 0.29) is 12.5 Å². The van der Waals surface area contributed by atoms with E-state index in [1.54, 1.807) is 13.8 Å². The van der Waals surface area contributed by atoms with Gasteiger partial charge in [0.05, 0.1) is 11.4 Å². The molecule has 9 heteroatoms. The number of aryl methyl sites for hydroxylation is 2. The number of carboxylic acid groups (broad SMARTS) is 1. The third kappa shape index (κ3) is 2.16. The molecule has 110 valence electrons. The number of nitrogens with zero attached hydrogens (tertiary/aromatic N) is 4. The van der Waals surface area contributed by atoms with E-state index in [0.717, 1.165) is 0 Å². The molecule has 1 aliphatic heterocycles. The molecule has 20 heavy (non-hydrogen) atoms. The van der Waals surface area contributed by atoms with E-state index in [4.69, 9.17) is 5.11 Å². The number of alkyl halides is 3. The van der Waals surface area contributed by atoms with E-state index in [9.17, 15) is 18.0 Å². The first-order valence-corrected chi connectivity index (χ1v) is 5.90. The van der Waals surface area contributed by atoms with Crippen LogP contribution in [0, 0.1) is 19.3 Å². The maximum Gasteiger partial charge on any atom is 0.406 e. The van der Waals surface area contributed by atoms with Crippen LogP contribution >= 0.6 is 0 Å². The largest absolute Gasteiger partial charge is 0.481 e. The van der Waals surface area contributed by atoms with Crippen molar-refractivity contribution in [3.8, 4) is 0 Å². The lowest BCUT2D eigenvalue weighted by Crippen LogP contribution is -2.47. The normalized spacial score (nSPS) is 23.1. The van der Waals surface area contributed by atoms with Gasteiger partial charge in [-0.05, 0) is 20.3 Å². The number of halogens is 3. The van der Waals surface area contributed by atoms with Crippen LogP contribution in [-0.4, -0.2) is 45.5 Å². The summed E-state index contributed by atoms with van der Waals surface area (Å²) in [4.78, 5) is 16.3. The summed E-state index contributed by atoms with van der Waals surface area (Å²) in [6.45, 7) is 2.57. The Labute approximate surface area is 112 Å². The Kier molecular flexibility index (Phi) is 3.31. The van der Waals surface area contributed by atoms with Crippen LogP contribution in [0.3, 0.4) is 0 Å². The fourth-order valence-electron chi connectivity index (χ4n) is 2.09. The molecule has 1 unspecified atom stereocenters. The van der Waals surface area contributed by atoms with Crippen LogP contribution in [0.2, 0.25) is 0 Å². The van der Waals surface area contributed by atoms with Crippen LogP contribution in [0.15, 0.2) is 0 Å². The minimum atomic E-state index is -4.82. The molecule has 0 spiro atoms. The zero-order chi connectivity index (χ0) is 15.1. The molecule has 1 aromatic rings. The van der Waals surface area contributed by atoms with Gasteiger partial charge in [0.25, 0.3) is 0 Å². The van der Waals surface area contributed by atoms with Gasteiger partial charge >= 0.3 is 12.1 Å². The number of hydrogen-bond donors (Lipinski definition) is 1. The molecule has 0 saturated carbocycles. The number of carbonyl (C=O) groups is 1. The van der Waals surface area contributed by atoms with Gasteiger partial charge in [0.15, 0.2) is 5.41 Å². The fraction of sp³-hybridized carbons (Fsp3) is 0.636. The van der Waals surface area contributed by atoms with E-state index in [2.05, 4.69) is 15.2 Å². The molecule has 6 nitrogen and oxygen atoms in total. The number of carboxylic acids is 1. The van der Waals surface area contributed by atoms with Crippen LogP contribution < -0.4 is 4.90 Å². The van der Waals surface area contributed by atoms with Gasteiger partial charge in [-0.15, -0.1) is 5.10 Å². The Morgan fingerprint density at radius 1 is 1.30 bits per heavy atom. The van der Waals surface area contributed by atoms with Crippen molar-refractivity contribution in [3.05, 3.63) is 11.4 Å². The summed E-state index contributed by atoms with van der Waals surface area (Å²) in [5, 5.41) is 16.5. The average Bonchev–Trinajstić information content (AvgIpc) is 2.78. The lowest BCUT2D eigenvalue weighted by Gasteiger charge is -2.27. The average molecular weight is 290 g/mol. The third-order valence-electron chi connectivity index (χ3n) is 3.58. The van der Waals surface area contributed by atoms with Gasteiger partial charge in [0.2, 0.25) is 5.95 Å². The molecule has 1 saturated heterocycles. The summed E-state index contributed by atoms with van der Waals surface area (Å²) in [5.41, 5.74) is -1.64. The summed E-state index contributed by atoms with van der Waals surface area (Å²) < 4.78 is 39.1. The first-order valence-electron chi connectivity index (χ1n) is 5.90. The molecule has 1 N–H and O–H groups in total. The summed E-state index contributed by atoms with van der Waals surface area (Å²) in [5.74, 6) is -1.84. The van der Waals surface area contributed by atoms with Crippen LogP contribution in [0.5, 0.6) is 0 Å². The Morgan fingerprint density at radius 3 is 2.40 bits per heavy atom. The Morgan fingerprint density at radius 2 is 1.95 bits per heavy atom. The fourth-order valence-corrected chi connectivity index (χ4v) is 2.09. The second-order valence-corrected chi connectivity index (χ2v) is 4.84. The second-order valence-electron chi connectivity index (χ2n) is 4.84. The van der Waals surface area contributed by atoms with Crippen LogP contribution in [0.4, 0.5) is 19.1 Å². The lowest BCUT2D eigenvalue weighted by atomic mass is 9.86. The molecule has 0 aromatic carbocycles. The van der Waals surface area contributed by atoms with Gasteiger partial charge in [-0.25, -0.2) is 4.98 Å². The Hall–Kier alpha value is -1.93. The van der Waals surface area contributed by atoms with Crippen LogP contribution in [0.25, 0.3) is 0 Å². The number of hydrogen-bond acceptors (Lipinski definition) is 5. The lowest BCUT2D eigenvalue weighted by molar-refractivity contribution is -0.225. The van der Waals surface area contributed by atoms with Crippen molar-refractivity contribution in [1.29, 1.82) is 0 Å². The minimum absolute atomic E-state index is 0.0282. The zero-order valence-corrected chi connectivity index (χ0v) is 10.9. The van der Waals surface area contributed by atoms with Crippen molar-refractivity contribution in [3.63, 3.8) is 0 Å². The van der Waals surface area contributed by atoms with Crippen LogP contribution in [0.1, 0.15) is 17.8 Å². The van der Waals surface area contributed by atoms with E-state index < -0.39 is 30.5 Å². The molecular formula is C11H13F3N4O2. The highest BCUT2D eigenvalue weighted by atomic mass is 19.4. The SMILES string of the molecule is Cc1nnc(N2CCC(C(=O)O)(C(F)(F)F)C2)nc1C. The topological polar surface area (TPSA) is 79.2 Å². The van der Waals surface area contributed by atoms with E-state index >= 15 is 0 Å². The summed E-state index contributed by atoms with van der Waals surface area (Å²) in [7, 11) is 0. The van der Waals surface area contributed by atoms with Crippen molar-refractivity contribution >= 4 is 11.9 Å². The van der Waals surface area contributed by atoms with E-state index in [1.165, 1.54) is 4.90 Å². The van der Waals surface area contributed by atoms with Crippen molar-refractivity contribution in [2.45, 2.75) is 26.4 Å². The monoisotopic (exact) mass is 290 g/mol. The molecule has 1 aliphatic rings. The van der Waals surface area contributed by atoms with Gasteiger partial charge in [-0.1, -0.05) is 0 Å². The highest BCUT2D eigenvalue weighted by Gasteiger charge is 2.64. The quantitative estimate of drug-likeness (QED) is 0.885. The molecule has 2 rings (SSSR count). The number of aromatic nitrogens is 3. The van der Waals surface area contributed by atoms with Gasteiger partial charge in [0, 0.05) is 13.1 Å². The standard InChI is InChI=1S/C11H13F3N4O2/c1-6-7(2)16-17-9(15-6)18-4-3-10(5-18,8(19)20)11(12,13)14/h3-5H2,1-2H3,(H,19,20). The molecule has 0 aliphatic carbocycles. The number of anilines is 1. The summed E-state index contributed by atoms with van der Waals surface area (Å²) >= 11 is 0. The van der Waals surface area contributed by atoms with E-state index in [1.807, 2.05) is 0 Å². The molecule has 2 heterocycles. The third-order valence-corrected chi connectivity index (χ3v) is 3.58. The maximum atomic E-state index is 13.0. The highest BCUT2D eigenvalue weighted by Crippen LogP contribution is 2.46. The molecule has 0 radical (unpaired) electrons. The van der Waals surface area contributed by atoms with Gasteiger partial charge in [-0.3, -0.25) is 4.79 Å². The van der Waals surface area contributed by atoms with E-state index in [0.29, 0.717) is 11.4 Å². The van der Waals surface area contributed by atoms with Gasteiger partial charge in [-0.2, -0.15) is 18.3 Å². The maximum absolute atomic E-state index is 13.0. The minimum Gasteiger partial charge on any atom is -0.481 e. The second kappa shape index (κ2) is 4.57. The predicted octanol–water partition coefficient (Wildman–Crippen LogP) is 1.33. The molecule has 0 bridgehead atoms. The Balaban J connectivity index is 2.31.